The van der Waals surface area contributed by atoms with Crippen LogP contribution in [0.4, 0.5) is 17.5 Å². The number of hydrogen-bond donors (Lipinski definition) is 3. The Morgan fingerprint density at radius 3 is 2.30 bits per heavy atom. The molecule has 1 unspecified atom stereocenters. The normalized spacial score (nSPS) is 22.2. The number of nitrogens with zero attached hydrogens (tertiary/aromatic N) is 6. The van der Waals surface area contributed by atoms with Gasteiger partial charge in [-0.15, -0.1) is 0 Å². The Bertz CT molecular complexity index is 2610. The van der Waals surface area contributed by atoms with Gasteiger partial charge < -0.3 is 34.5 Å². The number of benzene rings is 2. The fraction of sp³-hybridized carbons (Fsp3) is 0.500. The van der Waals surface area contributed by atoms with Crippen LogP contribution in [0.5, 0.6) is 5.75 Å². The molecule has 2 aromatic heterocycles. The minimum absolute atomic E-state index is 0.0903. The number of imide groups is 2. The van der Waals surface area contributed by atoms with Crippen molar-refractivity contribution >= 4 is 69.5 Å². The number of piperidine rings is 3. The zero-order valence-corrected chi connectivity index (χ0v) is 38.3. The Kier molecular flexibility index (Phi) is 13.1. The number of hydrogen-bond acceptors (Lipinski definition) is 13. The van der Waals surface area contributed by atoms with Gasteiger partial charge in [0.05, 0.1) is 35.0 Å². The molecule has 0 bridgehead atoms. The molecule has 0 spiro atoms. The van der Waals surface area contributed by atoms with Gasteiger partial charge in [-0.1, -0.05) is 17.7 Å². The summed E-state index contributed by atoms with van der Waals surface area (Å²) in [6.45, 7) is 7.02. The van der Waals surface area contributed by atoms with Gasteiger partial charge in [-0.25, -0.2) is 4.98 Å². The number of aromatic nitrogens is 3. The van der Waals surface area contributed by atoms with E-state index in [1.807, 2.05) is 44.2 Å². The molecule has 6 heterocycles. The highest BCUT2D eigenvalue weighted by Gasteiger charge is 2.45. The van der Waals surface area contributed by atoms with Crippen LogP contribution in [-0.2, 0) is 19.1 Å². The molecule has 3 saturated heterocycles. The molecule has 1 aliphatic carbocycles. The van der Waals surface area contributed by atoms with Crippen LogP contribution < -0.4 is 31.1 Å². The van der Waals surface area contributed by atoms with Crippen molar-refractivity contribution in [3.8, 4) is 5.75 Å². The molecule has 3 N–H and O–H groups in total. The van der Waals surface area contributed by atoms with Crippen LogP contribution in [0.1, 0.15) is 116 Å². The van der Waals surface area contributed by atoms with E-state index in [4.69, 9.17) is 26.1 Å². The smallest absolute Gasteiger partial charge is 0.293 e. The molecule has 4 fully saturated rings. The Labute approximate surface area is 387 Å². The van der Waals surface area contributed by atoms with Crippen LogP contribution in [0.2, 0.25) is 5.02 Å². The van der Waals surface area contributed by atoms with E-state index in [0.717, 1.165) is 98.9 Å². The number of anilines is 3. The summed E-state index contributed by atoms with van der Waals surface area (Å²) in [6.07, 6.45) is 10.2. The Balaban J connectivity index is 0.740. The fourth-order valence-corrected chi connectivity index (χ4v) is 10.5. The maximum absolute atomic E-state index is 13.4. The number of carbonyl (C=O) groups is 5. The van der Waals surface area contributed by atoms with Crippen molar-refractivity contribution in [2.24, 2.45) is 0 Å². The molecule has 0 radical (unpaired) electrons. The number of pyridine rings is 1. The summed E-state index contributed by atoms with van der Waals surface area (Å²) in [7, 11) is 1.51. The summed E-state index contributed by atoms with van der Waals surface area (Å²) >= 11 is 6.61. The maximum Gasteiger partial charge on any atom is 0.293 e. The second kappa shape index (κ2) is 19.1. The molecule has 1 saturated carbocycles. The zero-order valence-electron chi connectivity index (χ0n) is 37.5. The Morgan fingerprint density at radius 2 is 1.59 bits per heavy atom. The second-order valence-corrected chi connectivity index (χ2v) is 18.7. The Hall–Kier alpha value is -5.91. The lowest BCUT2D eigenvalue weighted by Crippen LogP contribution is -2.54. The predicted molar refractivity (Wildman–Crippen MR) is 248 cm³/mol. The van der Waals surface area contributed by atoms with E-state index in [2.05, 4.69) is 30.7 Å². The maximum atomic E-state index is 13.4. The molecular weight excluding hydrogens is 866 g/mol. The number of rotatable bonds is 12. The summed E-state index contributed by atoms with van der Waals surface area (Å²) in [5.74, 6) is -0.842. The first-order chi connectivity index (χ1) is 31.8. The van der Waals surface area contributed by atoms with Crippen LogP contribution >= 0.6 is 11.6 Å². The molecule has 2 aromatic carbocycles. The van der Waals surface area contributed by atoms with E-state index in [9.17, 15) is 28.8 Å². The lowest BCUT2D eigenvalue weighted by molar-refractivity contribution is -0.136. The van der Waals surface area contributed by atoms with Gasteiger partial charge in [0.2, 0.25) is 17.8 Å². The van der Waals surface area contributed by atoms with E-state index in [-0.39, 0.29) is 66.7 Å². The molecule has 348 valence electrons. The topological polar surface area (TPSA) is 197 Å². The molecule has 18 heteroatoms. The third-order valence-corrected chi connectivity index (χ3v) is 14.2. The lowest BCUT2D eigenvalue weighted by Gasteiger charge is -2.42. The molecule has 5 aliphatic rings. The average molecular weight is 922 g/mol. The second-order valence-electron chi connectivity index (χ2n) is 18.3. The van der Waals surface area contributed by atoms with Gasteiger partial charge in [-0.05, 0) is 133 Å². The van der Waals surface area contributed by atoms with Gasteiger partial charge in [-0.2, -0.15) is 4.98 Å². The largest absolute Gasteiger partial charge is 0.478 e. The molecule has 66 heavy (non-hydrogen) atoms. The summed E-state index contributed by atoms with van der Waals surface area (Å²) < 4.78 is 14.0. The predicted octanol–water partition coefficient (Wildman–Crippen LogP) is 5.47. The monoisotopic (exact) mass is 921 g/mol. The summed E-state index contributed by atoms with van der Waals surface area (Å²) in [5, 5.41) is 9.22. The minimum Gasteiger partial charge on any atom is -0.478 e. The van der Waals surface area contributed by atoms with Gasteiger partial charge >= 0.3 is 0 Å². The van der Waals surface area contributed by atoms with E-state index in [0.29, 0.717) is 39.6 Å². The van der Waals surface area contributed by atoms with Crippen LogP contribution in [0.3, 0.4) is 0 Å². The number of fused-ring (bicyclic) bond motifs is 2. The standard InChI is InChI=1S/C48H56ClN9O8/c1-27(2)57-38-11-5-31(22-30(38)24-40(47(57)64)65-26-42(60)50-3)52-43-37(49)25-51-48(54-43)56-20-16-34(17-21-56)66-33-8-6-32(7-9-33)55-18-14-28(15-19-55)29-4-10-35-36(23-29)46(63)58(45(35)62)39-12-13-41(59)53-44(39)61/h4-5,10-11,22-25,27-28,32-34,39H,6-9,12-21,26H2,1-3H3,(H,50,60)(H,51,52,54)(H,53,59,61)/t32-,33+,39?. The first-order valence-electron chi connectivity index (χ1n) is 23.2. The summed E-state index contributed by atoms with van der Waals surface area (Å²) in [5.41, 5.74) is 2.85. The summed E-state index contributed by atoms with van der Waals surface area (Å²) in [6, 6.07) is 12.2. The number of halogens is 1. The van der Waals surface area contributed by atoms with Crippen molar-refractivity contribution in [2.45, 2.75) is 114 Å². The van der Waals surface area contributed by atoms with Crippen LogP contribution in [0.25, 0.3) is 10.9 Å². The summed E-state index contributed by atoms with van der Waals surface area (Å²) in [4.78, 5) is 91.1. The van der Waals surface area contributed by atoms with Crippen molar-refractivity contribution in [1.29, 1.82) is 0 Å². The van der Waals surface area contributed by atoms with E-state index < -0.39 is 23.8 Å². The zero-order chi connectivity index (χ0) is 46.2. The van der Waals surface area contributed by atoms with Gasteiger partial charge in [0, 0.05) is 49.7 Å². The van der Waals surface area contributed by atoms with Crippen molar-refractivity contribution in [3.63, 3.8) is 0 Å². The van der Waals surface area contributed by atoms with Crippen LogP contribution in [-0.4, -0.2) is 118 Å². The first kappa shape index (κ1) is 45.3. The van der Waals surface area contributed by atoms with E-state index in [1.165, 1.54) is 7.05 Å². The quantitative estimate of drug-likeness (QED) is 0.152. The SMILES string of the molecule is CNC(=O)COc1cc2cc(Nc3nc(N4CCC(O[C@H]5CC[C@@H](N6CCC(c7ccc8c(c7)C(=O)N(C7CCC(=O)NC7=O)C8=O)CC6)CC5)CC4)ncc3Cl)ccc2n(C(C)C)c1=O. The van der Waals surface area contributed by atoms with Gasteiger partial charge in [0.15, 0.2) is 18.2 Å². The highest BCUT2D eigenvalue weighted by molar-refractivity contribution is 6.33. The van der Waals surface area contributed by atoms with Gasteiger partial charge in [0.1, 0.15) is 11.1 Å². The van der Waals surface area contributed by atoms with Crippen molar-refractivity contribution in [2.75, 3.05) is 50.1 Å². The Morgan fingerprint density at radius 1 is 0.864 bits per heavy atom. The fourth-order valence-electron chi connectivity index (χ4n) is 10.3. The number of ether oxygens (including phenoxy) is 2. The highest BCUT2D eigenvalue weighted by atomic mass is 35.5. The minimum atomic E-state index is -0.966. The molecule has 5 amide bonds. The van der Waals surface area contributed by atoms with Crippen LogP contribution in [0.15, 0.2) is 53.5 Å². The number of likely N-dealkylation sites (tertiary alicyclic amines) is 1. The molecule has 1 atom stereocenters. The van der Waals surface area contributed by atoms with Crippen molar-refractivity contribution in [3.05, 3.63) is 80.7 Å². The number of likely N-dealkylation sites (N-methyl/N-ethyl adjacent to an activating group) is 1. The molecule has 9 rings (SSSR count). The molecule has 4 aliphatic heterocycles. The lowest BCUT2D eigenvalue weighted by atomic mass is 9.85. The van der Waals surface area contributed by atoms with Crippen LogP contribution in [0, 0.1) is 0 Å². The first-order valence-corrected chi connectivity index (χ1v) is 23.5. The number of carbonyl (C=O) groups excluding carboxylic acids is 5. The van der Waals surface area contributed by atoms with Crippen molar-refractivity contribution < 1.29 is 33.4 Å². The third-order valence-electron chi connectivity index (χ3n) is 13.9. The van der Waals surface area contributed by atoms with E-state index >= 15 is 0 Å². The number of amides is 5. The third kappa shape index (κ3) is 9.25. The highest BCUT2D eigenvalue weighted by Crippen LogP contribution is 2.37. The molecular formula is C48H56ClN9O8. The number of nitrogens with one attached hydrogen (secondary N) is 3. The van der Waals surface area contributed by atoms with Crippen molar-refractivity contribution in [1.82, 2.24) is 35.0 Å². The van der Waals surface area contributed by atoms with Gasteiger partial charge in [0.25, 0.3) is 23.3 Å². The molecule has 4 aromatic rings. The average Bonchev–Trinajstić information content (AvgIpc) is 3.56. The van der Waals surface area contributed by atoms with Gasteiger partial charge in [-0.3, -0.25) is 39.0 Å². The molecule has 17 nitrogen and oxygen atoms in total. The van der Waals surface area contributed by atoms with E-state index in [1.54, 1.807) is 22.9 Å².